The maximum absolute atomic E-state index is 12.5. The van der Waals surface area contributed by atoms with Gasteiger partial charge in [0, 0.05) is 18.8 Å². The molecule has 1 fully saturated rings. The van der Waals surface area contributed by atoms with Gasteiger partial charge in [0.2, 0.25) is 10.0 Å². The van der Waals surface area contributed by atoms with Crippen LogP contribution >= 0.6 is 15.9 Å². The highest BCUT2D eigenvalue weighted by Gasteiger charge is 2.26. The van der Waals surface area contributed by atoms with Crippen molar-refractivity contribution < 1.29 is 17.9 Å². The number of anilines is 1. The molecule has 0 spiro atoms. The van der Waals surface area contributed by atoms with Crippen molar-refractivity contribution in [2.45, 2.75) is 4.90 Å². The van der Waals surface area contributed by atoms with Crippen molar-refractivity contribution in [3.63, 3.8) is 0 Å². The molecule has 2 heterocycles. The number of nitrogens with zero attached hydrogens (tertiary/aromatic N) is 2. The molecule has 24 heavy (non-hydrogen) atoms. The van der Waals surface area contributed by atoms with E-state index in [1.54, 1.807) is 12.1 Å². The average molecular weight is 415 g/mol. The average Bonchev–Trinajstić information content (AvgIpc) is 3.02. The van der Waals surface area contributed by atoms with Crippen molar-refractivity contribution in [3.05, 3.63) is 40.6 Å². The summed E-state index contributed by atoms with van der Waals surface area (Å²) in [6, 6.07) is 6.05. The third-order valence-corrected chi connectivity index (χ3v) is 6.05. The van der Waals surface area contributed by atoms with Crippen molar-refractivity contribution in [2.24, 2.45) is 0 Å². The number of H-pyrrole nitrogens is 1. The molecule has 0 saturated carbocycles. The Morgan fingerprint density at radius 1 is 1.25 bits per heavy atom. The maximum atomic E-state index is 12.5. The number of ether oxygens (including phenoxy) is 1. The van der Waals surface area contributed by atoms with Crippen molar-refractivity contribution in [1.29, 1.82) is 0 Å². The minimum absolute atomic E-state index is 0.185. The van der Waals surface area contributed by atoms with Crippen LogP contribution < -0.4 is 5.32 Å². The molecule has 0 radical (unpaired) electrons. The van der Waals surface area contributed by atoms with E-state index in [1.165, 1.54) is 22.6 Å². The van der Waals surface area contributed by atoms with Crippen LogP contribution in [0.25, 0.3) is 0 Å². The highest BCUT2D eigenvalue weighted by Crippen LogP contribution is 2.20. The smallest absolute Gasteiger partial charge is 0.274 e. The normalized spacial score (nSPS) is 16.0. The number of amides is 1. The van der Waals surface area contributed by atoms with E-state index in [-0.39, 0.29) is 10.8 Å². The summed E-state index contributed by atoms with van der Waals surface area (Å²) in [5, 5.41) is 9.01. The zero-order chi connectivity index (χ0) is 17.2. The number of rotatable bonds is 4. The molecule has 1 aromatic heterocycles. The van der Waals surface area contributed by atoms with Gasteiger partial charge in [-0.2, -0.15) is 9.40 Å². The largest absolute Gasteiger partial charge is 0.379 e. The van der Waals surface area contributed by atoms with Crippen LogP contribution in [0.1, 0.15) is 10.5 Å². The van der Waals surface area contributed by atoms with E-state index >= 15 is 0 Å². The van der Waals surface area contributed by atoms with Crippen LogP contribution in [0.2, 0.25) is 0 Å². The molecule has 1 amide bonds. The van der Waals surface area contributed by atoms with Crippen LogP contribution in [0, 0.1) is 0 Å². The van der Waals surface area contributed by atoms with Crippen LogP contribution in [0.3, 0.4) is 0 Å². The summed E-state index contributed by atoms with van der Waals surface area (Å²) in [5.41, 5.74) is 0.780. The Balaban J connectivity index is 1.73. The van der Waals surface area contributed by atoms with Crippen LogP contribution in [0.5, 0.6) is 0 Å². The fraction of sp³-hybridized carbons (Fsp3) is 0.286. The molecule has 128 valence electrons. The van der Waals surface area contributed by atoms with E-state index in [1.807, 2.05) is 0 Å². The molecule has 10 heteroatoms. The fourth-order valence-corrected chi connectivity index (χ4v) is 4.05. The lowest BCUT2D eigenvalue weighted by atomic mass is 10.3. The number of sulfonamides is 1. The monoisotopic (exact) mass is 414 g/mol. The number of carbonyl (C=O) groups is 1. The molecule has 0 bridgehead atoms. The molecular formula is C14H15BrN4O4S. The van der Waals surface area contributed by atoms with Gasteiger partial charge in [-0.15, -0.1) is 0 Å². The van der Waals surface area contributed by atoms with Crippen LogP contribution in [-0.2, 0) is 14.8 Å². The third kappa shape index (κ3) is 3.51. The van der Waals surface area contributed by atoms with E-state index in [9.17, 15) is 13.2 Å². The van der Waals surface area contributed by atoms with Gasteiger partial charge in [-0.3, -0.25) is 9.89 Å². The third-order valence-electron chi connectivity index (χ3n) is 3.54. The lowest BCUT2D eigenvalue weighted by Crippen LogP contribution is -2.40. The molecule has 1 aromatic carbocycles. The summed E-state index contributed by atoms with van der Waals surface area (Å²) in [6.07, 6.45) is 1.48. The fourth-order valence-electron chi connectivity index (χ4n) is 2.27. The van der Waals surface area contributed by atoms with Crippen molar-refractivity contribution >= 4 is 37.5 Å². The summed E-state index contributed by atoms with van der Waals surface area (Å²) in [4.78, 5) is 12.3. The van der Waals surface area contributed by atoms with Gasteiger partial charge in [0.25, 0.3) is 5.91 Å². The second kappa shape index (κ2) is 7.01. The number of hydrogen-bond acceptors (Lipinski definition) is 5. The molecule has 0 unspecified atom stereocenters. The van der Waals surface area contributed by atoms with Gasteiger partial charge in [0.15, 0.2) is 0 Å². The standard InChI is InChI=1S/C14H15BrN4O4S/c15-12-9-16-18-13(12)14(20)17-10-1-3-11(4-2-10)24(21,22)19-5-7-23-8-6-19/h1-4,9H,5-8H2,(H,16,18)(H,17,20). The molecule has 3 rings (SSSR count). The highest BCUT2D eigenvalue weighted by atomic mass is 79.9. The number of carbonyl (C=O) groups excluding carboxylic acids is 1. The van der Waals surface area contributed by atoms with E-state index < -0.39 is 10.0 Å². The van der Waals surface area contributed by atoms with E-state index in [4.69, 9.17) is 4.74 Å². The summed E-state index contributed by atoms with van der Waals surface area (Å²) < 4.78 is 32.1. The van der Waals surface area contributed by atoms with Gasteiger partial charge in [-0.25, -0.2) is 8.42 Å². The Morgan fingerprint density at radius 2 is 1.92 bits per heavy atom. The lowest BCUT2D eigenvalue weighted by molar-refractivity contribution is 0.0730. The summed E-state index contributed by atoms with van der Waals surface area (Å²) in [5.74, 6) is -0.372. The van der Waals surface area contributed by atoms with Crippen LogP contribution in [-0.4, -0.2) is 55.1 Å². The van der Waals surface area contributed by atoms with Gasteiger partial charge in [-0.1, -0.05) is 0 Å². The Hall–Kier alpha value is -1.75. The number of hydrogen-bond donors (Lipinski definition) is 2. The van der Waals surface area contributed by atoms with E-state index in [2.05, 4.69) is 31.4 Å². The Morgan fingerprint density at radius 3 is 2.50 bits per heavy atom. The zero-order valence-corrected chi connectivity index (χ0v) is 14.9. The summed E-state index contributed by atoms with van der Waals surface area (Å²) >= 11 is 3.21. The summed E-state index contributed by atoms with van der Waals surface area (Å²) in [7, 11) is -3.54. The number of halogens is 1. The second-order valence-electron chi connectivity index (χ2n) is 5.09. The first kappa shape index (κ1) is 17.1. The molecule has 2 N–H and O–H groups in total. The Kier molecular flexibility index (Phi) is 4.99. The predicted octanol–water partition coefficient (Wildman–Crippen LogP) is 1.45. The van der Waals surface area contributed by atoms with Crippen LogP contribution in [0.15, 0.2) is 39.8 Å². The molecule has 1 aliphatic heterocycles. The molecular weight excluding hydrogens is 400 g/mol. The molecule has 0 aliphatic carbocycles. The van der Waals surface area contributed by atoms with Gasteiger partial charge < -0.3 is 10.1 Å². The van der Waals surface area contributed by atoms with Crippen LogP contribution in [0.4, 0.5) is 5.69 Å². The minimum Gasteiger partial charge on any atom is -0.379 e. The molecule has 8 nitrogen and oxygen atoms in total. The first-order valence-electron chi connectivity index (χ1n) is 7.16. The van der Waals surface area contributed by atoms with Crippen molar-refractivity contribution in [3.8, 4) is 0 Å². The topological polar surface area (TPSA) is 104 Å². The second-order valence-corrected chi connectivity index (χ2v) is 7.88. The molecule has 1 aliphatic rings. The van der Waals surface area contributed by atoms with E-state index in [0.717, 1.165) is 0 Å². The number of benzene rings is 1. The number of morpholine rings is 1. The Labute approximate surface area is 147 Å². The lowest BCUT2D eigenvalue weighted by Gasteiger charge is -2.26. The zero-order valence-electron chi connectivity index (χ0n) is 12.5. The number of aromatic nitrogens is 2. The van der Waals surface area contributed by atoms with E-state index in [0.29, 0.717) is 42.2 Å². The summed E-state index contributed by atoms with van der Waals surface area (Å²) in [6.45, 7) is 1.47. The van der Waals surface area contributed by atoms with Crippen molar-refractivity contribution in [2.75, 3.05) is 31.6 Å². The predicted molar refractivity (Wildman–Crippen MR) is 90.3 cm³/mol. The Bertz CT molecular complexity index is 829. The van der Waals surface area contributed by atoms with Gasteiger partial charge in [-0.05, 0) is 40.2 Å². The number of aromatic amines is 1. The highest BCUT2D eigenvalue weighted by molar-refractivity contribution is 9.10. The minimum atomic E-state index is -3.54. The van der Waals surface area contributed by atoms with Gasteiger partial charge >= 0.3 is 0 Å². The quantitative estimate of drug-likeness (QED) is 0.787. The first-order valence-corrected chi connectivity index (χ1v) is 9.40. The van der Waals surface area contributed by atoms with Gasteiger partial charge in [0.05, 0.1) is 28.8 Å². The van der Waals surface area contributed by atoms with Gasteiger partial charge in [0.1, 0.15) is 5.69 Å². The SMILES string of the molecule is O=C(Nc1ccc(S(=O)(=O)N2CCOCC2)cc1)c1[nH]ncc1Br. The molecule has 2 aromatic rings. The number of nitrogens with one attached hydrogen (secondary N) is 2. The van der Waals surface area contributed by atoms with Crippen molar-refractivity contribution in [1.82, 2.24) is 14.5 Å². The first-order chi connectivity index (χ1) is 11.5. The molecule has 1 saturated heterocycles. The maximum Gasteiger partial charge on any atom is 0.274 e. The molecule has 0 atom stereocenters.